The Kier molecular flexibility index (Phi) is 11.2. The van der Waals surface area contributed by atoms with Gasteiger partial charge in [-0.25, -0.2) is 0 Å². The van der Waals surface area contributed by atoms with Crippen molar-refractivity contribution in [2.24, 2.45) is 4.99 Å². The third-order valence-electron chi connectivity index (χ3n) is 5.12. The number of nitrogens with one attached hydrogen (secondary N) is 2. The van der Waals surface area contributed by atoms with Crippen molar-refractivity contribution in [2.45, 2.75) is 57.6 Å². The number of nitrogens with zero attached hydrogens (tertiary/aromatic N) is 1. The van der Waals surface area contributed by atoms with E-state index < -0.39 is 0 Å². The summed E-state index contributed by atoms with van der Waals surface area (Å²) in [6.07, 6.45) is 8.82. The molecule has 2 atom stereocenters. The van der Waals surface area contributed by atoms with Gasteiger partial charge in [-0.3, -0.25) is 4.99 Å². The van der Waals surface area contributed by atoms with Gasteiger partial charge in [0.1, 0.15) is 5.76 Å². The molecule has 1 aliphatic heterocycles. The van der Waals surface area contributed by atoms with Gasteiger partial charge in [0.25, 0.3) is 0 Å². The topological polar surface area (TPSA) is 58.8 Å². The molecule has 160 valence electrons. The molecular weight excluding hydrogens is 477 g/mol. The summed E-state index contributed by atoms with van der Waals surface area (Å²) in [6.45, 7) is 4.67. The Balaban J connectivity index is 0.00000300. The first-order valence-electron chi connectivity index (χ1n) is 10.5. The Morgan fingerprint density at radius 2 is 2.03 bits per heavy atom. The number of rotatable bonds is 9. The lowest BCUT2D eigenvalue weighted by Crippen LogP contribution is -2.40. The van der Waals surface area contributed by atoms with Crippen molar-refractivity contribution in [1.82, 2.24) is 10.6 Å². The van der Waals surface area contributed by atoms with Crippen LogP contribution in [0.1, 0.15) is 56.4 Å². The van der Waals surface area contributed by atoms with E-state index in [9.17, 15) is 0 Å². The van der Waals surface area contributed by atoms with Gasteiger partial charge in [-0.2, -0.15) is 0 Å². The average Bonchev–Trinajstić information content (AvgIpc) is 3.26. The summed E-state index contributed by atoms with van der Waals surface area (Å²) >= 11 is 0. The Bertz CT molecular complexity index is 685. The van der Waals surface area contributed by atoms with E-state index in [1.165, 1.54) is 24.8 Å². The van der Waals surface area contributed by atoms with Gasteiger partial charge in [0.2, 0.25) is 0 Å². The SMILES string of the molecule is CC(NC(=NCCCC1CCCCO1)NCCc1ccco1)c1ccccc1.I. The average molecular weight is 511 g/mol. The molecule has 0 saturated carbocycles. The molecule has 0 radical (unpaired) electrons. The van der Waals surface area contributed by atoms with Gasteiger partial charge in [0.05, 0.1) is 18.4 Å². The van der Waals surface area contributed by atoms with Crippen LogP contribution in [0.2, 0.25) is 0 Å². The molecule has 0 bridgehead atoms. The van der Waals surface area contributed by atoms with Crippen LogP contribution in [-0.2, 0) is 11.2 Å². The van der Waals surface area contributed by atoms with E-state index in [0.717, 1.165) is 50.7 Å². The summed E-state index contributed by atoms with van der Waals surface area (Å²) in [6, 6.07) is 14.6. The van der Waals surface area contributed by atoms with E-state index in [0.29, 0.717) is 6.10 Å². The van der Waals surface area contributed by atoms with Crippen LogP contribution in [0, 0.1) is 0 Å². The van der Waals surface area contributed by atoms with Crippen molar-refractivity contribution < 1.29 is 9.15 Å². The molecule has 1 fully saturated rings. The van der Waals surface area contributed by atoms with Gasteiger partial charge in [0.15, 0.2) is 5.96 Å². The van der Waals surface area contributed by atoms with Gasteiger partial charge in [-0.15, -0.1) is 24.0 Å². The molecule has 1 aromatic heterocycles. The zero-order valence-corrected chi connectivity index (χ0v) is 19.6. The van der Waals surface area contributed by atoms with Crippen molar-refractivity contribution in [2.75, 3.05) is 19.7 Å². The molecular formula is C23H34IN3O2. The lowest BCUT2D eigenvalue weighted by atomic mass is 10.1. The Morgan fingerprint density at radius 1 is 1.17 bits per heavy atom. The maximum absolute atomic E-state index is 5.82. The Labute approximate surface area is 191 Å². The molecule has 1 saturated heterocycles. The molecule has 5 nitrogen and oxygen atoms in total. The molecule has 29 heavy (non-hydrogen) atoms. The number of aliphatic imine (C=N–C) groups is 1. The van der Waals surface area contributed by atoms with Crippen LogP contribution in [0.3, 0.4) is 0 Å². The van der Waals surface area contributed by atoms with Gasteiger partial charge in [-0.1, -0.05) is 30.3 Å². The molecule has 2 N–H and O–H groups in total. The van der Waals surface area contributed by atoms with Crippen LogP contribution in [0.4, 0.5) is 0 Å². The quantitative estimate of drug-likeness (QED) is 0.213. The first-order chi connectivity index (χ1) is 13.8. The van der Waals surface area contributed by atoms with Crippen molar-refractivity contribution >= 4 is 29.9 Å². The van der Waals surface area contributed by atoms with Gasteiger partial charge < -0.3 is 19.8 Å². The van der Waals surface area contributed by atoms with Crippen LogP contribution in [-0.4, -0.2) is 31.8 Å². The number of furan rings is 1. The molecule has 0 amide bonds. The Morgan fingerprint density at radius 3 is 2.76 bits per heavy atom. The molecule has 0 aliphatic carbocycles. The maximum Gasteiger partial charge on any atom is 0.191 e. The van der Waals surface area contributed by atoms with E-state index >= 15 is 0 Å². The summed E-state index contributed by atoms with van der Waals surface area (Å²) in [5.74, 6) is 1.84. The summed E-state index contributed by atoms with van der Waals surface area (Å²) in [5.41, 5.74) is 1.25. The van der Waals surface area contributed by atoms with E-state index in [1.54, 1.807) is 6.26 Å². The van der Waals surface area contributed by atoms with Crippen molar-refractivity contribution in [3.05, 3.63) is 60.1 Å². The summed E-state index contributed by atoms with van der Waals surface area (Å²) < 4.78 is 11.2. The number of hydrogen-bond donors (Lipinski definition) is 2. The van der Waals surface area contributed by atoms with E-state index in [1.807, 2.05) is 18.2 Å². The molecule has 2 heterocycles. The van der Waals surface area contributed by atoms with Crippen LogP contribution in [0.15, 0.2) is 58.1 Å². The fourth-order valence-corrected chi connectivity index (χ4v) is 3.49. The van der Waals surface area contributed by atoms with Crippen molar-refractivity contribution in [3.63, 3.8) is 0 Å². The number of guanidine groups is 1. The zero-order valence-electron chi connectivity index (χ0n) is 17.3. The summed E-state index contributed by atoms with van der Waals surface area (Å²) in [7, 11) is 0. The lowest BCUT2D eigenvalue weighted by molar-refractivity contribution is 0.0105. The second-order valence-corrected chi connectivity index (χ2v) is 7.39. The largest absolute Gasteiger partial charge is 0.469 e. The minimum atomic E-state index is 0. The maximum atomic E-state index is 5.82. The first kappa shape index (κ1) is 23.7. The summed E-state index contributed by atoms with van der Waals surface area (Å²) in [5, 5.41) is 6.97. The summed E-state index contributed by atoms with van der Waals surface area (Å²) in [4.78, 5) is 4.80. The molecule has 0 spiro atoms. The molecule has 3 rings (SSSR count). The van der Waals surface area contributed by atoms with E-state index in [4.69, 9.17) is 14.1 Å². The number of halogens is 1. The van der Waals surface area contributed by atoms with Crippen molar-refractivity contribution in [3.8, 4) is 0 Å². The highest BCUT2D eigenvalue weighted by molar-refractivity contribution is 14.0. The van der Waals surface area contributed by atoms with E-state index in [-0.39, 0.29) is 30.0 Å². The fourth-order valence-electron chi connectivity index (χ4n) is 3.49. The first-order valence-corrected chi connectivity index (χ1v) is 10.5. The molecule has 1 aromatic carbocycles. The minimum Gasteiger partial charge on any atom is -0.469 e. The highest BCUT2D eigenvalue weighted by Crippen LogP contribution is 2.17. The third-order valence-corrected chi connectivity index (χ3v) is 5.12. The van der Waals surface area contributed by atoms with Gasteiger partial charge in [-0.05, 0) is 56.7 Å². The fraction of sp³-hybridized carbons (Fsp3) is 0.522. The predicted molar refractivity (Wildman–Crippen MR) is 129 cm³/mol. The second kappa shape index (κ2) is 13.6. The third kappa shape index (κ3) is 8.78. The minimum absolute atomic E-state index is 0. The monoisotopic (exact) mass is 511 g/mol. The van der Waals surface area contributed by atoms with Crippen LogP contribution in [0.25, 0.3) is 0 Å². The molecule has 2 aromatic rings. The lowest BCUT2D eigenvalue weighted by Gasteiger charge is -2.22. The highest BCUT2D eigenvalue weighted by Gasteiger charge is 2.13. The van der Waals surface area contributed by atoms with Crippen molar-refractivity contribution in [1.29, 1.82) is 0 Å². The highest BCUT2D eigenvalue weighted by atomic mass is 127. The molecule has 6 heteroatoms. The van der Waals surface area contributed by atoms with Gasteiger partial charge in [0, 0.05) is 26.1 Å². The predicted octanol–water partition coefficient (Wildman–Crippen LogP) is 5.09. The van der Waals surface area contributed by atoms with E-state index in [2.05, 4.69) is 41.8 Å². The Hall–Kier alpha value is -1.54. The second-order valence-electron chi connectivity index (χ2n) is 7.39. The molecule has 1 aliphatic rings. The van der Waals surface area contributed by atoms with Crippen LogP contribution >= 0.6 is 24.0 Å². The molecule has 2 unspecified atom stereocenters. The number of ether oxygens (including phenoxy) is 1. The smallest absolute Gasteiger partial charge is 0.191 e. The number of benzene rings is 1. The van der Waals surface area contributed by atoms with Gasteiger partial charge >= 0.3 is 0 Å². The standard InChI is InChI=1S/C23H33N3O2.HI/c1-19(20-9-3-2-4-10-20)26-23(25-16-14-22-13-8-18-28-22)24-15-7-12-21-11-5-6-17-27-21;/h2-4,8-10,13,18-19,21H,5-7,11-12,14-17H2,1H3,(H2,24,25,26);1H. The van der Waals surface area contributed by atoms with Crippen LogP contribution < -0.4 is 10.6 Å². The van der Waals surface area contributed by atoms with Crippen LogP contribution in [0.5, 0.6) is 0 Å². The normalized spacial score (nSPS) is 18.0. The number of hydrogen-bond acceptors (Lipinski definition) is 3. The zero-order chi connectivity index (χ0) is 19.4.